The minimum atomic E-state index is -5.62. The summed E-state index contributed by atoms with van der Waals surface area (Å²) in [4.78, 5) is 0. The Morgan fingerprint density at radius 2 is 1.93 bits per heavy atom. The molecule has 0 aliphatic rings. The van der Waals surface area contributed by atoms with Gasteiger partial charge < -0.3 is 0 Å². The van der Waals surface area contributed by atoms with Crippen LogP contribution in [0.15, 0.2) is 24.9 Å². The van der Waals surface area contributed by atoms with E-state index in [4.69, 9.17) is 0 Å². The fourth-order valence-corrected chi connectivity index (χ4v) is 0.908. The average molecular weight is 226 g/mol. The lowest BCUT2D eigenvalue weighted by Crippen LogP contribution is -2.34. The number of hydrogen-bond donors (Lipinski definition) is 0. The van der Waals surface area contributed by atoms with Crippen molar-refractivity contribution in [3.8, 4) is 0 Å². The Morgan fingerprint density at radius 1 is 1.33 bits per heavy atom. The quantitative estimate of drug-likeness (QED) is 0.572. The van der Waals surface area contributed by atoms with E-state index in [2.05, 4.69) is 11.7 Å². The third kappa shape index (κ3) is 2.16. The molecular formula is C8H7F5N2. The molecule has 0 fully saturated rings. The molecule has 0 unspecified atom stereocenters. The van der Waals surface area contributed by atoms with Gasteiger partial charge in [0.05, 0.1) is 6.54 Å². The lowest BCUT2D eigenvalue weighted by molar-refractivity contribution is -0.291. The Kier molecular flexibility index (Phi) is 2.83. The summed E-state index contributed by atoms with van der Waals surface area (Å²) in [5.41, 5.74) is -1.31. The van der Waals surface area contributed by atoms with Crippen molar-refractivity contribution in [3.63, 3.8) is 0 Å². The third-order valence-electron chi connectivity index (χ3n) is 1.63. The van der Waals surface area contributed by atoms with E-state index >= 15 is 0 Å². The number of aromatic nitrogens is 2. The largest absolute Gasteiger partial charge is 0.459 e. The Morgan fingerprint density at radius 3 is 2.40 bits per heavy atom. The molecule has 0 saturated heterocycles. The summed E-state index contributed by atoms with van der Waals surface area (Å²) < 4.78 is 62.0. The van der Waals surface area contributed by atoms with Gasteiger partial charge in [-0.15, -0.1) is 6.58 Å². The van der Waals surface area contributed by atoms with Gasteiger partial charge in [0.15, 0.2) is 0 Å². The van der Waals surface area contributed by atoms with Crippen molar-refractivity contribution in [3.05, 3.63) is 30.6 Å². The fraction of sp³-hybridized carbons (Fsp3) is 0.375. The van der Waals surface area contributed by atoms with Crippen LogP contribution in [0, 0.1) is 0 Å². The van der Waals surface area contributed by atoms with E-state index in [1.165, 1.54) is 6.08 Å². The van der Waals surface area contributed by atoms with Gasteiger partial charge in [0.1, 0.15) is 5.69 Å². The lowest BCUT2D eigenvalue weighted by atomic mass is 10.2. The van der Waals surface area contributed by atoms with Crippen LogP contribution >= 0.6 is 0 Å². The summed E-state index contributed by atoms with van der Waals surface area (Å²) in [6.07, 6.45) is -3.25. The average Bonchev–Trinajstić information content (AvgIpc) is 2.51. The second-order valence-electron chi connectivity index (χ2n) is 2.78. The van der Waals surface area contributed by atoms with Gasteiger partial charge in [0, 0.05) is 6.20 Å². The molecule has 1 heterocycles. The zero-order valence-corrected chi connectivity index (χ0v) is 7.43. The molecular weight excluding hydrogens is 219 g/mol. The molecule has 0 aromatic carbocycles. The summed E-state index contributed by atoms with van der Waals surface area (Å²) in [6.45, 7) is 3.38. The molecule has 0 spiro atoms. The second kappa shape index (κ2) is 3.63. The number of alkyl halides is 5. The van der Waals surface area contributed by atoms with Crippen LogP contribution < -0.4 is 0 Å². The molecule has 0 aliphatic heterocycles. The predicted octanol–water partition coefficient (Wildman–Crippen LogP) is 2.72. The van der Waals surface area contributed by atoms with Crippen LogP contribution in [0.3, 0.4) is 0 Å². The summed E-state index contributed by atoms with van der Waals surface area (Å²) in [5.74, 6) is -4.92. The van der Waals surface area contributed by atoms with Crippen LogP contribution in [0.2, 0.25) is 0 Å². The normalized spacial score (nSPS) is 12.9. The van der Waals surface area contributed by atoms with Crippen LogP contribution in [-0.4, -0.2) is 16.0 Å². The number of nitrogens with zero attached hydrogens (tertiary/aromatic N) is 2. The van der Waals surface area contributed by atoms with Gasteiger partial charge in [-0.05, 0) is 6.07 Å². The first kappa shape index (κ1) is 11.7. The van der Waals surface area contributed by atoms with Gasteiger partial charge in [0.2, 0.25) is 0 Å². The first-order valence-corrected chi connectivity index (χ1v) is 3.88. The molecule has 1 aromatic rings. The van der Waals surface area contributed by atoms with Crippen LogP contribution in [0.5, 0.6) is 0 Å². The van der Waals surface area contributed by atoms with Crippen LogP contribution in [0.4, 0.5) is 22.0 Å². The number of allylic oxidation sites excluding steroid dienone is 1. The van der Waals surface area contributed by atoms with E-state index in [9.17, 15) is 22.0 Å². The van der Waals surface area contributed by atoms with Crippen molar-refractivity contribution in [1.29, 1.82) is 0 Å². The summed E-state index contributed by atoms with van der Waals surface area (Å²) in [7, 11) is 0. The highest BCUT2D eigenvalue weighted by Crippen LogP contribution is 2.42. The highest BCUT2D eigenvalue weighted by Gasteiger charge is 2.60. The summed E-state index contributed by atoms with van der Waals surface area (Å²) in [6, 6.07) is 0.636. The minimum absolute atomic E-state index is 0.0773. The molecule has 0 saturated carbocycles. The highest BCUT2D eigenvalue weighted by atomic mass is 19.4. The van der Waals surface area contributed by atoms with E-state index in [0.29, 0.717) is 6.07 Å². The standard InChI is InChI=1S/C8H7F5N2/c1-2-4-15-5-3-6(14-15)7(9,10)8(11,12)13/h2-3,5H,1,4H2. The molecule has 15 heavy (non-hydrogen) atoms. The molecule has 0 amide bonds. The predicted molar refractivity (Wildman–Crippen MR) is 42.4 cm³/mol. The van der Waals surface area contributed by atoms with Gasteiger partial charge >= 0.3 is 12.1 Å². The van der Waals surface area contributed by atoms with Gasteiger partial charge in [-0.2, -0.15) is 27.1 Å². The first-order chi connectivity index (χ1) is 6.79. The van der Waals surface area contributed by atoms with Gasteiger partial charge in [0.25, 0.3) is 0 Å². The third-order valence-corrected chi connectivity index (χ3v) is 1.63. The van der Waals surface area contributed by atoms with Gasteiger partial charge in [-0.1, -0.05) is 6.08 Å². The number of rotatable bonds is 3. The molecule has 7 heteroatoms. The monoisotopic (exact) mass is 226 g/mol. The topological polar surface area (TPSA) is 17.8 Å². The summed E-state index contributed by atoms with van der Waals surface area (Å²) in [5, 5.41) is 3.11. The zero-order chi connectivity index (χ0) is 11.7. The Labute approximate surface area is 82.0 Å². The minimum Gasteiger partial charge on any atom is -0.268 e. The molecule has 2 nitrogen and oxygen atoms in total. The first-order valence-electron chi connectivity index (χ1n) is 3.88. The van der Waals surface area contributed by atoms with Crippen molar-refractivity contribution >= 4 is 0 Å². The van der Waals surface area contributed by atoms with Crippen LogP contribution in [0.25, 0.3) is 0 Å². The maximum absolute atomic E-state index is 12.7. The smallest absolute Gasteiger partial charge is 0.268 e. The fourth-order valence-electron chi connectivity index (χ4n) is 0.908. The van der Waals surface area contributed by atoms with Crippen molar-refractivity contribution in [2.45, 2.75) is 18.6 Å². The van der Waals surface area contributed by atoms with E-state index in [-0.39, 0.29) is 6.54 Å². The zero-order valence-electron chi connectivity index (χ0n) is 7.43. The second-order valence-corrected chi connectivity index (χ2v) is 2.78. The lowest BCUT2D eigenvalue weighted by Gasteiger charge is -2.16. The molecule has 0 atom stereocenters. The maximum atomic E-state index is 12.7. The van der Waals surface area contributed by atoms with E-state index < -0.39 is 17.8 Å². The Hall–Kier alpha value is -1.40. The van der Waals surface area contributed by atoms with Crippen molar-refractivity contribution < 1.29 is 22.0 Å². The molecule has 0 aliphatic carbocycles. The van der Waals surface area contributed by atoms with Crippen molar-refractivity contribution in [2.75, 3.05) is 0 Å². The van der Waals surface area contributed by atoms with Gasteiger partial charge in [-0.25, -0.2) is 0 Å². The van der Waals surface area contributed by atoms with E-state index in [0.717, 1.165) is 10.9 Å². The molecule has 1 aromatic heterocycles. The molecule has 1 rings (SSSR count). The number of hydrogen-bond acceptors (Lipinski definition) is 1. The van der Waals surface area contributed by atoms with E-state index in [1.807, 2.05) is 0 Å². The highest BCUT2D eigenvalue weighted by molar-refractivity contribution is 5.09. The summed E-state index contributed by atoms with van der Waals surface area (Å²) >= 11 is 0. The molecule has 0 bridgehead atoms. The number of halogens is 5. The molecule has 0 radical (unpaired) electrons. The van der Waals surface area contributed by atoms with Crippen LogP contribution in [0.1, 0.15) is 5.69 Å². The van der Waals surface area contributed by atoms with Gasteiger partial charge in [-0.3, -0.25) is 4.68 Å². The van der Waals surface area contributed by atoms with E-state index in [1.54, 1.807) is 0 Å². The molecule has 0 N–H and O–H groups in total. The maximum Gasteiger partial charge on any atom is 0.459 e. The van der Waals surface area contributed by atoms with Crippen molar-refractivity contribution in [2.24, 2.45) is 0 Å². The Balaban J connectivity index is 3.00. The molecule has 84 valence electrons. The van der Waals surface area contributed by atoms with Crippen LogP contribution in [-0.2, 0) is 12.5 Å². The van der Waals surface area contributed by atoms with Crippen molar-refractivity contribution in [1.82, 2.24) is 9.78 Å². The Bertz CT molecular complexity index is 352. The SMILES string of the molecule is C=CCn1ccc(C(F)(F)C(F)(F)F)n1.